The van der Waals surface area contributed by atoms with Gasteiger partial charge in [0.05, 0.1) is 44.3 Å². The summed E-state index contributed by atoms with van der Waals surface area (Å²) < 4.78 is 32.3. The molecule has 1 fully saturated rings. The number of fused-ring (bicyclic) bond motifs is 1. The Balaban J connectivity index is 1.52. The molecule has 0 aromatic carbocycles. The van der Waals surface area contributed by atoms with Gasteiger partial charge in [0, 0.05) is 11.8 Å². The molecule has 0 amide bonds. The number of rotatable bonds is 13. The Morgan fingerprint density at radius 3 is 2.77 bits per heavy atom. The van der Waals surface area contributed by atoms with Crippen LogP contribution in [-0.2, 0) is 23.1 Å². The molecule has 0 bridgehead atoms. The number of nitrogens with two attached hydrogens (primary N) is 1. The third-order valence-corrected chi connectivity index (χ3v) is 8.37. The first-order valence-electron chi connectivity index (χ1n) is 11.2. The quantitative estimate of drug-likeness (QED) is 0.215. The van der Waals surface area contributed by atoms with Crippen LogP contribution in [0, 0.1) is 5.41 Å². The van der Waals surface area contributed by atoms with E-state index in [-0.39, 0.29) is 42.5 Å². The molecule has 35 heavy (non-hydrogen) atoms. The maximum atomic E-state index is 13.2. The van der Waals surface area contributed by atoms with Crippen molar-refractivity contribution in [3.8, 4) is 0 Å². The zero-order valence-corrected chi connectivity index (χ0v) is 21.7. The first-order chi connectivity index (χ1) is 16.6. The highest BCUT2D eigenvalue weighted by atomic mass is 32.2. The summed E-state index contributed by atoms with van der Waals surface area (Å²) in [5.41, 5.74) is 5.69. The summed E-state index contributed by atoms with van der Waals surface area (Å²) in [4.78, 5) is 24.6. The van der Waals surface area contributed by atoms with Crippen molar-refractivity contribution in [2.75, 3.05) is 37.9 Å². The molecule has 2 aromatic rings. The highest BCUT2D eigenvalue weighted by Crippen LogP contribution is 2.45. The number of aliphatic hydroxyl groups excluding tert-OH is 2. The molecular weight excluding hydrogens is 499 g/mol. The third-order valence-electron chi connectivity index (χ3n) is 5.40. The molecule has 13 nitrogen and oxygen atoms in total. The Morgan fingerprint density at radius 2 is 2.09 bits per heavy atom. The number of hydrogen-bond donors (Lipinski definition) is 4. The molecule has 3 rings (SSSR count). The molecule has 0 radical (unpaired) electrons. The number of aromatic nitrogens is 4. The van der Waals surface area contributed by atoms with Gasteiger partial charge in [0.2, 0.25) is 0 Å². The molecule has 0 saturated carbocycles. The van der Waals surface area contributed by atoms with Gasteiger partial charge in [-0.3, -0.25) is 18.4 Å². The minimum atomic E-state index is -3.68. The molecule has 0 spiro atoms. The van der Waals surface area contributed by atoms with Crippen LogP contribution in [0.2, 0.25) is 0 Å². The average molecular weight is 533 g/mol. The first kappa shape index (κ1) is 27.9. The van der Waals surface area contributed by atoms with Gasteiger partial charge in [0.15, 0.2) is 16.6 Å². The van der Waals surface area contributed by atoms with Gasteiger partial charge in [-0.2, -0.15) is 0 Å². The van der Waals surface area contributed by atoms with Crippen LogP contribution in [0.1, 0.15) is 39.8 Å². The van der Waals surface area contributed by atoms with Gasteiger partial charge in [0.25, 0.3) is 0 Å². The SMILES string of the molecule is CC(C)NP(=O)(OCCSC(=O)C(C)(CO)CO)OC[C@@H]1CC[C@H](n2cnc3c(N)ncnc32)O1. The second kappa shape index (κ2) is 12.1. The van der Waals surface area contributed by atoms with Crippen LogP contribution in [-0.4, -0.2) is 79.2 Å². The number of hydrogen-bond acceptors (Lipinski definition) is 12. The zero-order chi connectivity index (χ0) is 25.6. The van der Waals surface area contributed by atoms with Crippen molar-refractivity contribution >= 4 is 41.6 Å². The van der Waals surface area contributed by atoms with E-state index >= 15 is 0 Å². The van der Waals surface area contributed by atoms with Gasteiger partial charge in [-0.15, -0.1) is 0 Å². The molecule has 1 aliphatic rings. The van der Waals surface area contributed by atoms with E-state index in [1.807, 2.05) is 13.8 Å². The Kier molecular flexibility index (Phi) is 9.63. The number of carbonyl (C=O) groups excluding carboxylic acids is 1. The highest BCUT2D eigenvalue weighted by Gasteiger charge is 2.34. The Labute approximate surface area is 207 Å². The Bertz CT molecular complexity index is 1050. The second-order valence-electron chi connectivity index (χ2n) is 8.80. The third kappa shape index (κ3) is 6.98. The van der Waals surface area contributed by atoms with Crippen LogP contribution in [0.25, 0.3) is 11.2 Å². The van der Waals surface area contributed by atoms with E-state index in [9.17, 15) is 19.6 Å². The number of nitrogen functional groups attached to an aromatic ring is 1. The van der Waals surface area contributed by atoms with Crippen molar-refractivity contribution < 1.29 is 33.4 Å². The molecule has 3 atom stereocenters. The minimum Gasteiger partial charge on any atom is -0.395 e. The number of ether oxygens (including phenoxy) is 1. The predicted octanol–water partition coefficient (Wildman–Crippen LogP) is 1.48. The fraction of sp³-hybridized carbons (Fsp3) is 0.700. The molecule has 196 valence electrons. The van der Waals surface area contributed by atoms with Crippen LogP contribution < -0.4 is 10.8 Å². The molecule has 5 N–H and O–H groups in total. The predicted molar refractivity (Wildman–Crippen MR) is 130 cm³/mol. The molecule has 15 heteroatoms. The van der Waals surface area contributed by atoms with Gasteiger partial charge in [-0.25, -0.2) is 24.6 Å². The van der Waals surface area contributed by atoms with Gasteiger partial charge >= 0.3 is 7.75 Å². The number of anilines is 1. The van der Waals surface area contributed by atoms with E-state index in [1.165, 1.54) is 13.3 Å². The fourth-order valence-corrected chi connectivity index (χ4v) is 5.85. The standard InChI is InChI=1S/C20H33N6O7PS/c1-13(2)25-34(30,31-6-7-35-19(29)20(3,9-27)10-28)32-8-14-4-5-15(33-14)26-12-24-16-17(21)22-11-23-18(16)26/h11-15,27-28H,4-10H2,1-3H3,(H,25,30)(H2,21,22,23)/t14-,15+,34?/m0/s1. The number of nitrogens with zero attached hydrogens (tertiary/aromatic N) is 4. The van der Waals surface area contributed by atoms with E-state index in [1.54, 1.807) is 10.9 Å². The lowest BCUT2D eigenvalue weighted by atomic mass is 9.95. The first-order valence-corrected chi connectivity index (χ1v) is 13.8. The number of carbonyl (C=O) groups is 1. The smallest absolute Gasteiger partial charge is 0.395 e. The monoisotopic (exact) mass is 532 g/mol. The fourth-order valence-electron chi connectivity index (χ4n) is 3.35. The van der Waals surface area contributed by atoms with E-state index < -0.39 is 26.4 Å². The molecule has 1 saturated heterocycles. The van der Waals surface area contributed by atoms with Crippen molar-refractivity contribution in [3.63, 3.8) is 0 Å². The molecule has 0 aliphatic carbocycles. The molecule has 1 unspecified atom stereocenters. The largest absolute Gasteiger partial charge is 0.405 e. The molecule has 3 heterocycles. The van der Waals surface area contributed by atoms with Gasteiger partial charge < -0.3 is 20.7 Å². The second-order valence-corrected chi connectivity index (χ2v) is 11.6. The lowest BCUT2D eigenvalue weighted by molar-refractivity contribution is -0.123. The Hall–Kier alpha value is -1.64. The van der Waals surface area contributed by atoms with Crippen LogP contribution in [0.15, 0.2) is 12.7 Å². The van der Waals surface area contributed by atoms with Crippen LogP contribution in [0.4, 0.5) is 5.82 Å². The lowest BCUT2D eigenvalue weighted by Gasteiger charge is -2.24. The maximum absolute atomic E-state index is 13.2. The van der Waals surface area contributed by atoms with Crippen molar-refractivity contribution in [2.24, 2.45) is 5.41 Å². The summed E-state index contributed by atoms with van der Waals surface area (Å²) in [7, 11) is -3.68. The summed E-state index contributed by atoms with van der Waals surface area (Å²) in [6.45, 7) is 4.17. The summed E-state index contributed by atoms with van der Waals surface area (Å²) >= 11 is 0.895. The minimum absolute atomic E-state index is 0.0311. The van der Waals surface area contributed by atoms with Crippen molar-refractivity contribution in [2.45, 2.75) is 52.0 Å². The van der Waals surface area contributed by atoms with Gasteiger partial charge in [0.1, 0.15) is 18.1 Å². The summed E-state index contributed by atoms with van der Waals surface area (Å²) in [5, 5.41) is 21.1. The summed E-state index contributed by atoms with van der Waals surface area (Å²) in [6, 6.07) is -0.179. The van der Waals surface area contributed by atoms with E-state index in [2.05, 4.69) is 20.0 Å². The van der Waals surface area contributed by atoms with Crippen molar-refractivity contribution in [3.05, 3.63) is 12.7 Å². The number of nitrogens with one attached hydrogen (secondary N) is 1. The number of imidazole rings is 1. The van der Waals surface area contributed by atoms with E-state index in [0.29, 0.717) is 29.8 Å². The number of thioether (sulfide) groups is 1. The Morgan fingerprint density at radius 1 is 1.34 bits per heavy atom. The van der Waals surface area contributed by atoms with Crippen LogP contribution in [0.5, 0.6) is 0 Å². The topological polar surface area (TPSA) is 184 Å². The van der Waals surface area contributed by atoms with Gasteiger partial charge in [-0.05, 0) is 33.6 Å². The number of aliphatic hydroxyl groups is 2. The maximum Gasteiger partial charge on any atom is 0.405 e. The summed E-state index contributed by atoms with van der Waals surface area (Å²) in [6.07, 6.45) is 3.67. The lowest BCUT2D eigenvalue weighted by Crippen LogP contribution is -2.34. The normalized spacial score (nSPS) is 20.5. The van der Waals surface area contributed by atoms with E-state index in [0.717, 1.165) is 11.8 Å². The summed E-state index contributed by atoms with van der Waals surface area (Å²) in [5.74, 6) is 0.476. The van der Waals surface area contributed by atoms with Crippen LogP contribution >= 0.6 is 19.5 Å². The zero-order valence-electron chi connectivity index (χ0n) is 20.0. The van der Waals surface area contributed by atoms with Gasteiger partial charge in [-0.1, -0.05) is 11.8 Å². The van der Waals surface area contributed by atoms with Crippen molar-refractivity contribution in [1.29, 1.82) is 0 Å². The average Bonchev–Trinajstić information content (AvgIpc) is 3.47. The van der Waals surface area contributed by atoms with E-state index in [4.69, 9.17) is 19.5 Å². The van der Waals surface area contributed by atoms with Crippen molar-refractivity contribution in [1.82, 2.24) is 24.6 Å². The highest BCUT2D eigenvalue weighted by molar-refractivity contribution is 8.13. The van der Waals surface area contributed by atoms with Crippen LogP contribution in [0.3, 0.4) is 0 Å². The molecule has 2 aromatic heterocycles. The molecule has 1 aliphatic heterocycles. The molecular formula is C20H33N6O7PS.